The number of hydrogen-bond acceptors (Lipinski definition) is 4. The molecule has 4 nitrogen and oxygen atoms in total. The standard InChI is InChI=1S/C32H19NO3S/c34-31(19-8-2-1-3-9-19)25-17-24-29(18-30(25)37)36-28-15-14-20(16-23(28)32(24)35)33-26-12-6-4-10-21(26)22-11-5-7-13-27(22)33/h1-18,37H. The topological polar surface area (TPSA) is 52.2 Å². The molecule has 0 aliphatic heterocycles. The van der Waals surface area contributed by atoms with Gasteiger partial charge in [-0.15, -0.1) is 12.6 Å². The van der Waals surface area contributed by atoms with Crippen LogP contribution in [0.25, 0.3) is 49.4 Å². The Balaban J connectivity index is 1.47. The molecule has 5 heteroatoms. The van der Waals surface area contributed by atoms with Crippen LogP contribution < -0.4 is 5.43 Å². The van der Waals surface area contributed by atoms with E-state index < -0.39 is 0 Å². The number of hydrogen-bond donors (Lipinski definition) is 1. The number of para-hydroxylation sites is 2. The minimum Gasteiger partial charge on any atom is -0.456 e. The van der Waals surface area contributed by atoms with E-state index in [1.165, 1.54) is 0 Å². The lowest BCUT2D eigenvalue weighted by Gasteiger charge is -2.10. The Labute approximate surface area is 216 Å². The van der Waals surface area contributed by atoms with Crippen molar-refractivity contribution in [3.8, 4) is 5.69 Å². The number of fused-ring (bicyclic) bond motifs is 5. The molecule has 0 spiro atoms. The van der Waals surface area contributed by atoms with Crippen molar-refractivity contribution in [2.24, 2.45) is 0 Å². The molecule has 176 valence electrons. The molecular formula is C32H19NO3S. The van der Waals surface area contributed by atoms with Crippen LogP contribution in [0.15, 0.2) is 123 Å². The van der Waals surface area contributed by atoms with Crippen LogP contribution in [0, 0.1) is 0 Å². The Morgan fingerprint density at radius 3 is 1.97 bits per heavy atom. The minimum absolute atomic E-state index is 0.186. The zero-order chi connectivity index (χ0) is 25.1. The van der Waals surface area contributed by atoms with Gasteiger partial charge in [0, 0.05) is 32.5 Å². The van der Waals surface area contributed by atoms with Gasteiger partial charge in [-0.25, -0.2) is 0 Å². The lowest BCUT2D eigenvalue weighted by molar-refractivity contribution is 0.103. The number of carbonyl (C=O) groups is 1. The molecule has 7 aromatic rings. The van der Waals surface area contributed by atoms with Crippen molar-refractivity contribution in [2.75, 3.05) is 0 Å². The van der Waals surface area contributed by atoms with Gasteiger partial charge < -0.3 is 8.98 Å². The Morgan fingerprint density at radius 1 is 0.649 bits per heavy atom. The molecule has 2 aromatic heterocycles. The lowest BCUT2D eigenvalue weighted by Crippen LogP contribution is -2.07. The van der Waals surface area contributed by atoms with E-state index in [0.29, 0.717) is 38.0 Å². The van der Waals surface area contributed by atoms with Crippen molar-refractivity contribution in [1.29, 1.82) is 0 Å². The van der Waals surface area contributed by atoms with Gasteiger partial charge in [0.1, 0.15) is 11.2 Å². The van der Waals surface area contributed by atoms with Gasteiger partial charge in [-0.3, -0.25) is 9.59 Å². The number of carbonyl (C=O) groups excluding carboxylic acids is 1. The largest absolute Gasteiger partial charge is 0.456 e. The molecule has 0 fully saturated rings. The first-order valence-electron chi connectivity index (χ1n) is 11.9. The Hall–Kier alpha value is -4.61. The molecule has 0 amide bonds. The molecule has 2 heterocycles. The quantitative estimate of drug-likeness (QED) is 0.156. The van der Waals surface area contributed by atoms with Gasteiger partial charge in [-0.2, -0.15) is 0 Å². The van der Waals surface area contributed by atoms with E-state index in [0.717, 1.165) is 27.5 Å². The highest BCUT2D eigenvalue weighted by atomic mass is 32.1. The fourth-order valence-electron chi connectivity index (χ4n) is 5.15. The second-order valence-corrected chi connectivity index (χ2v) is 9.52. The summed E-state index contributed by atoms with van der Waals surface area (Å²) in [5.41, 5.74) is 4.58. The van der Waals surface area contributed by atoms with Gasteiger partial charge in [0.25, 0.3) is 0 Å². The number of aromatic nitrogens is 1. The van der Waals surface area contributed by atoms with Crippen LogP contribution in [-0.4, -0.2) is 10.4 Å². The third-order valence-electron chi connectivity index (χ3n) is 6.89. The molecular weight excluding hydrogens is 478 g/mol. The van der Waals surface area contributed by atoms with E-state index >= 15 is 0 Å². The molecule has 0 saturated carbocycles. The summed E-state index contributed by atoms with van der Waals surface area (Å²) in [6.07, 6.45) is 0. The number of rotatable bonds is 3. The van der Waals surface area contributed by atoms with Crippen molar-refractivity contribution in [1.82, 2.24) is 4.57 Å². The third-order valence-corrected chi connectivity index (χ3v) is 7.26. The second kappa shape index (κ2) is 8.22. The van der Waals surface area contributed by atoms with E-state index in [2.05, 4.69) is 41.5 Å². The van der Waals surface area contributed by atoms with Gasteiger partial charge in [0.15, 0.2) is 5.78 Å². The van der Waals surface area contributed by atoms with Crippen LogP contribution in [0.3, 0.4) is 0 Å². The molecule has 0 N–H and O–H groups in total. The molecule has 0 atom stereocenters. The van der Waals surface area contributed by atoms with Crippen molar-refractivity contribution in [3.05, 3.63) is 131 Å². The fraction of sp³-hybridized carbons (Fsp3) is 0. The monoisotopic (exact) mass is 497 g/mol. The number of thiol groups is 1. The molecule has 0 aliphatic carbocycles. The van der Waals surface area contributed by atoms with E-state index in [1.54, 1.807) is 24.3 Å². The van der Waals surface area contributed by atoms with Crippen LogP contribution in [0.4, 0.5) is 0 Å². The summed E-state index contributed by atoms with van der Waals surface area (Å²) in [5, 5.41) is 3.10. The van der Waals surface area contributed by atoms with E-state index in [9.17, 15) is 9.59 Å². The van der Waals surface area contributed by atoms with E-state index in [1.807, 2.05) is 60.7 Å². The summed E-state index contributed by atoms with van der Waals surface area (Å²) < 4.78 is 8.29. The third kappa shape index (κ3) is 3.32. The zero-order valence-electron chi connectivity index (χ0n) is 19.5. The van der Waals surface area contributed by atoms with Crippen LogP contribution in [0.1, 0.15) is 15.9 Å². The van der Waals surface area contributed by atoms with Gasteiger partial charge >= 0.3 is 0 Å². The summed E-state index contributed by atoms with van der Waals surface area (Å²) in [5.74, 6) is -0.189. The predicted molar refractivity (Wildman–Crippen MR) is 151 cm³/mol. The average molecular weight is 498 g/mol. The first kappa shape index (κ1) is 21.7. The molecule has 5 aromatic carbocycles. The van der Waals surface area contributed by atoms with Crippen LogP contribution in [0.2, 0.25) is 0 Å². The molecule has 0 radical (unpaired) electrons. The molecule has 0 bridgehead atoms. The Bertz CT molecular complexity index is 2030. The van der Waals surface area contributed by atoms with E-state index in [-0.39, 0.29) is 11.2 Å². The summed E-state index contributed by atoms with van der Waals surface area (Å²) in [4.78, 5) is 27.4. The SMILES string of the molecule is O=C(c1ccccc1)c1cc2c(=O)c3cc(-n4c5ccccc5c5ccccc54)ccc3oc2cc1S. The molecule has 0 aliphatic rings. The second-order valence-electron chi connectivity index (χ2n) is 9.04. The summed E-state index contributed by atoms with van der Waals surface area (Å²) >= 11 is 4.53. The van der Waals surface area contributed by atoms with Crippen molar-refractivity contribution in [3.63, 3.8) is 0 Å². The van der Waals surface area contributed by atoms with Crippen LogP contribution in [-0.2, 0) is 0 Å². The predicted octanol–water partition coefficient (Wildman–Crippen LogP) is 7.56. The maximum absolute atomic E-state index is 13.8. The van der Waals surface area contributed by atoms with Crippen LogP contribution >= 0.6 is 12.6 Å². The van der Waals surface area contributed by atoms with Gasteiger partial charge in [-0.05, 0) is 42.5 Å². The van der Waals surface area contributed by atoms with Gasteiger partial charge in [0.2, 0.25) is 5.43 Å². The van der Waals surface area contributed by atoms with Crippen molar-refractivity contribution >= 4 is 62.2 Å². The first-order valence-corrected chi connectivity index (χ1v) is 12.4. The number of benzene rings is 5. The van der Waals surface area contributed by atoms with Crippen molar-refractivity contribution < 1.29 is 9.21 Å². The highest BCUT2D eigenvalue weighted by Gasteiger charge is 2.18. The molecule has 0 saturated heterocycles. The Kier molecular flexibility index (Phi) is 4.81. The van der Waals surface area contributed by atoms with Gasteiger partial charge in [0.05, 0.1) is 21.8 Å². The lowest BCUT2D eigenvalue weighted by atomic mass is 10.0. The highest BCUT2D eigenvalue weighted by Crippen LogP contribution is 2.33. The first-order chi connectivity index (χ1) is 18.1. The molecule has 37 heavy (non-hydrogen) atoms. The maximum atomic E-state index is 13.8. The number of nitrogens with zero attached hydrogens (tertiary/aromatic N) is 1. The molecule has 0 unspecified atom stereocenters. The average Bonchev–Trinajstić information content (AvgIpc) is 3.27. The van der Waals surface area contributed by atoms with Crippen molar-refractivity contribution in [2.45, 2.75) is 4.90 Å². The smallest absolute Gasteiger partial charge is 0.200 e. The summed E-state index contributed by atoms with van der Waals surface area (Å²) in [7, 11) is 0. The Morgan fingerprint density at radius 2 is 1.27 bits per heavy atom. The minimum atomic E-state index is -0.189. The van der Waals surface area contributed by atoms with Crippen LogP contribution in [0.5, 0.6) is 0 Å². The zero-order valence-corrected chi connectivity index (χ0v) is 20.4. The highest BCUT2D eigenvalue weighted by molar-refractivity contribution is 7.80. The normalized spacial score (nSPS) is 11.6. The van der Waals surface area contributed by atoms with E-state index in [4.69, 9.17) is 4.42 Å². The maximum Gasteiger partial charge on any atom is 0.200 e. The number of ketones is 1. The molecule has 7 rings (SSSR count). The summed E-state index contributed by atoms with van der Waals surface area (Å²) in [6, 6.07) is 34.4. The summed E-state index contributed by atoms with van der Waals surface area (Å²) in [6.45, 7) is 0. The fourth-order valence-corrected chi connectivity index (χ4v) is 5.43. The van der Waals surface area contributed by atoms with Gasteiger partial charge in [-0.1, -0.05) is 66.7 Å².